The molecular weight excluding hydrogens is 398 g/mol. The van der Waals surface area contributed by atoms with E-state index in [1.165, 1.54) is 6.92 Å². The molecule has 0 radical (unpaired) electrons. The van der Waals surface area contributed by atoms with Crippen LogP contribution >= 0.6 is 11.3 Å². The van der Waals surface area contributed by atoms with Crippen LogP contribution in [0.4, 0.5) is 5.69 Å². The molecule has 5 aromatic rings. The molecule has 0 spiro atoms. The van der Waals surface area contributed by atoms with Gasteiger partial charge < -0.3 is 9.84 Å². The second-order valence-corrected chi connectivity index (χ2v) is 7.88. The van der Waals surface area contributed by atoms with Crippen LogP contribution in [-0.4, -0.2) is 25.8 Å². The summed E-state index contributed by atoms with van der Waals surface area (Å²) in [6, 6.07) is 19.4. The Morgan fingerprint density at radius 3 is 2.73 bits per heavy atom. The van der Waals surface area contributed by atoms with E-state index < -0.39 is 0 Å². The van der Waals surface area contributed by atoms with Crippen LogP contribution in [0.3, 0.4) is 0 Å². The van der Waals surface area contributed by atoms with Gasteiger partial charge in [0.25, 0.3) is 5.89 Å². The van der Waals surface area contributed by atoms with Crippen LogP contribution in [0, 0.1) is 6.92 Å². The summed E-state index contributed by atoms with van der Waals surface area (Å²) < 4.78 is 7.43. The summed E-state index contributed by atoms with van der Waals surface area (Å²) in [7, 11) is 0. The van der Waals surface area contributed by atoms with Crippen LogP contribution in [0.15, 0.2) is 65.2 Å². The number of para-hydroxylation sites is 1. The number of hydrogen-bond donors (Lipinski definition) is 1. The van der Waals surface area contributed by atoms with E-state index in [9.17, 15) is 4.79 Å². The van der Waals surface area contributed by atoms with Crippen molar-refractivity contribution in [3.8, 4) is 27.8 Å². The van der Waals surface area contributed by atoms with Crippen molar-refractivity contribution in [2.75, 3.05) is 5.32 Å². The zero-order valence-electron chi connectivity index (χ0n) is 16.3. The minimum atomic E-state index is -0.133. The van der Waals surface area contributed by atoms with Gasteiger partial charge in [-0.1, -0.05) is 29.4 Å². The number of amides is 1. The van der Waals surface area contributed by atoms with E-state index in [0.29, 0.717) is 17.4 Å². The number of aryl methyl sites for hydroxylation is 1. The maximum atomic E-state index is 11.3. The highest BCUT2D eigenvalue weighted by molar-refractivity contribution is 7.21. The summed E-state index contributed by atoms with van der Waals surface area (Å²) in [4.78, 5) is 17.8. The van der Waals surface area contributed by atoms with Crippen LogP contribution in [0.2, 0.25) is 0 Å². The number of anilines is 1. The lowest BCUT2D eigenvalue weighted by molar-refractivity contribution is -0.114. The molecule has 0 saturated carbocycles. The highest BCUT2D eigenvalue weighted by Crippen LogP contribution is 2.36. The van der Waals surface area contributed by atoms with Crippen molar-refractivity contribution in [3.05, 3.63) is 66.4 Å². The van der Waals surface area contributed by atoms with Gasteiger partial charge in [-0.15, -0.1) is 11.3 Å². The number of nitrogens with zero attached hydrogens (tertiary/aromatic N) is 4. The molecular formula is C22H17N5O2S. The number of carbonyl (C=O) groups excluding carboxylic acids is 1. The lowest BCUT2D eigenvalue weighted by Crippen LogP contribution is -2.05. The summed E-state index contributed by atoms with van der Waals surface area (Å²) in [6.45, 7) is 3.46. The number of hydrogen-bond acceptors (Lipinski definition) is 6. The highest BCUT2D eigenvalue weighted by atomic mass is 32.1. The fraction of sp³-hybridized carbons (Fsp3) is 0.0909. The molecule has 1 amide bonds. The van der Waals surface area contributed by atoms with Gasteiger partial charge in [-0.3, -0.25) is 4.79 Å². The molecule has 3 heterocycles. The molecule has 30 heavy (non-hydrogen) atoms. The summed E-state index contributed by atoms with van der Waals surface area (Å²) in [5.41, 5.74) is 3.38. The molecule has 0 saturated heterocycles. The van der Waals surface area contributed by atoms with Crippen LogP contribution in [-0.2, 0) is 4.79 Å². The highest BCUT2D eigenvalue weighted by Gasteiger charge is 2.18. The smallest absolute Gasteiger partial charge is 0.258 e. The summed E-state index contributed by atoms with van der Waals surface area (Å²) in [5, 5.41) is 12.7. The number of rotatable bonds is 4. The van der Waals surface area contributed by atoms with Gasteiger partial charge in [0.15, 0.2) is 0 Å². The van der Waals surface area contributed by atoms with Crippen molar-refractivity contribution in [2.45, 2.75) is 13.8 Å². The monoisotopic (exact) mass is 415 g/mol. The largest absolute Gasteiger partial charge is 0.334 e. The fourth-order valence-corrected chi connectivity index (χ4v) is 4.38. The van der Waals surface area contributed by atoms with Gasteiger partial charge in [0.05, 0.1) is 16.3 Å². The first kappa shape index (κ1) is 18.3. The Bertz CT molecular complexity index is 1370. The number of nitrogens with one attached hydrogen (secondary N) is 1. The Labute approximate surface area is 176 Å². The summed E-state index contributed by atoms with van der Waals surface area (Å²) in [5.74, 6) is 0.790. The van der Waals surface area contributed by atoms with E-state index in [-0.39, 0.29) is 5.91 Å². The molecule has 0 aliphatic carbocycles. The fourth-order valence-electron chi connectivity index (χ4n) is 3.28. The van der Waals surface area contributed by atoms with E-state index in [1.54, 1.807) is 17.4 Å². The van der Waals surface area contributed by atoms with Crippen LogP contribution in [0.5, 0.6) is 0 Å². The molecule has 0 aliphatic heterocycles. The average molecular weight is 415 g/mol. The number of carbonyl (C=O) groups is 1. The van der Waals surface area contributed by atoms with Gasteiger partial charge in [-0.25, -0.2) is 4.68 Å². The number of thiophene rings is 1. The number of fused-ring (bicyclic) bond motifs is 1. The predicted molar refractivity (Wildman–Crippen MR) is 117 cm³/mol. The Balaban J connectivity index is 1.52. The first-order chi connectivity index (χ1) is 14.6. The van der Waals surface area contributed by atoms with E-state index in [0.717, 1.165) is 32.0 Å². The molecule has 0 aliphatic rings. The van der Waals surface area contributed by atoms with Crippen LogP contribution in [0.1, 0.15) is 12.6 Å². The molecule has 3 aromatic heterocycles. The topological polar surface area (TPSA) is 85.8 Å². The molecule has 0 bridgehead atoms. The molecule has 0 atom stereocenters. The third-order valence-corrected chi connectivity index (χ3v) is 5.73. The summed E-state index contributed by atoms with van der Waals surface area (Å²) >= 11 is 1.57. The van der Waals surface area contributed by atoms with Gasteiger partial charge in [-0.05, 0) is 43.3 Å². The predicted octanol–water partition coefficient (Wildman–Crippen LogP) is 5.07. The molecule has 148 valence electrons. The van der Waals surface area contributed by atoms with Crippen molar-refractivity contribution in [3.63, 3.8) is 0 Å². The standard InChI is InChI=1S/C22H17N5O2S/c1-13-18-12-19(30-22(18)27(25-13)17-9-4-3-5-10-17)20-24-21(29-26-20)15-7-6-8-16(11-15)23-14(2)28/h3-12H,1-2H3,(H,23,28). The van der Waals surface area contributed by atoms with Gasteiger partial charge >= 0.3 is 0 Å². The third kappa shape index (κ3) is 3.27. The zero-order valence-corrected chi connectivity index (χ0v) is 17.1. The third-order valence-electron chi connectivity index (χ3n) is 4.62. The van der Waals surface area contributed by atoms with Crippen LogP contribution < -0.4 is 5.32 Å². The SMILES string of the molecule is CC(=O)Nc1cccc(-c2nc(-c3cc4c(C)nn(-c5ccccc5)c4s3)no2)c1. The molecule has 0 fully saturated rings. The quantitative estimate of drug-likeness (QED) is 0.443. The number of benzene rings is 2. The normalized spacial score (nSPS) is 11.1. The van der Waals surface area contributed by atoms with Gasteiger partial charge in [-0.2, -0.15) is 10.1 Å². The molecule has 5 rings (SSSR count). The van der Waals surface area contributed by atoms with Gasteiger partial charge in [0.1, 0.15) is 4.83 Å². The second kappa shape index (κ2) is 7.23. The van der Waals surface area contributed by atoms with Crippen LogP contribution in [0.25, 0.3) is 38.1 Å². The van der Waals surface area contributed by atoms with E-state index >= 15 is 0 Å². The van der Waals surface area contributed by atoms with Crippen molar-refractivity contribution in [1.29, 1.82) is 0 Å². The van der Waals surface area contributed by atoms with E-state index in [1.807, 2.05) is 66.2 Å². The Kier molecular flexibility index (Phi) is 4.40. The first-order valence-corrected chi connectivity index (χ1v) is 10.2. The van der Waals surface area contributed by atoms with E-state index in [4.69, 9.17) is 4.52 Å². The average Bonchev–Trinajstić information content (AvgIpc) is 3.45. The number of aromatic nitrogens is 4. The van der Waals surface area contributed by atoms with Crippen molar-refractivity contribution in [1.82, 2.24) is 19.9 Å². The lowest BCUT2D eigenvalue weighted by Gasteiger charge is -2.02. The molecule has 1 N–H and O–H groups in total. The Morgan fingerprint density at radius 2 is 1.93 bits per heavy atom. The van der Waals surface area contributed by atoms with E-state index in [2.05, 4.69) is 20.6 Å². The van der Waals surface area contributed by atoms with Crippen molar-refractivity contribution >= 4 is 33.1 Å². The molecule has 0 unspecified atom stereocenters. The Morgan fingerprint density at radius 1 is 1.10 bits per heavy atom. The summed E-state index contributed by atoms with van der Waals surface area (Å²) in [6.07, 6.45) is 0. The lowest BCUT2D eigenvalue weighted by atomic mass is 10.2. The molecule has 8 heteroatoms. The maximum Gasteiger partial charge on any atom is 0.258 e. The Hall–Kier alpha value is -3.78. The van der Waals surface area contributed by atoms with Crippen molar-refractivity contribution < 1.29 is 9.32 Å². The van der Waals surface area contributed by atoms with Crippen molar-refractivity contribution in [2.24, 2.45) is 0 Å². The molecule has 2 aromatic carbocycles. The maximum absolute atomic E-state index is 11.3. The van der Waals surface area contributed by atoms with Gasteiger partial charge in [0, 0.05) is 23.6 Å². The molecule has 7 nitrogen and oxygen atoms in total. The zero-order chi connectivity index (χ0) is 20.7. The minimum Gasteiger partial charge on any atom is -0.334 e. The minimum absolute atomic E-state index is 0.133. The van der Waals surface area contributed by atoms with Gasteiger partial charge in [0.2, 0.25) is 11.7 Å². The second-order valence-electron chi connectivity index (χ2n) is 6.85. The first-order valence-electron chi connectivity index (χ1n) is 9.35.